The molecule has 2 aromatic heterocycles. The van der Waals surface area contributed by atoms with E-state index in [2.05, 4.69) is 4.98 Å². The predicted octanol–water partition coefficient (Wildman–Crippen LogP) is 2.97. The number of nitrogens with zero attached hydrogens (tertiary/aromatic N) is 2. The van der Waals surface area contributed by atoms with Gasteiger partial charge in [0.2, 0.25) is 0 Å². The van der Waals surface area contributed by atoms with Gasteiger partial charge in [0.05, 0.1) is 11.1 Å². The molecule has 96 valence electrons. The van der Waals surface area contributed by atoms with Gasteiger partial charge in [0.1, 0.15) is 0 Å². The second-order valence-electron chi connectivity index (χ2n) is 5.15. The van der Waals surface area contributed by atoms with E-state index in [-0.39, 0.29) is 0 Å². The molecule has 1 N–H and O–H groups in total. The highest BCUT2D eigenvalue weighted by Gasteiger charge is 2.40. The fourth-order valence-electron chi connectivity index (χ4n) is 2.90. The molecule has 0 amide bonds. The van der Waals surface area contributed by atoms with Crippen LogP contribution in [0.2, 0.25) is 0 Å². The lowest BCUT2D eigenvalue weighted by molar-refractivity contribution is -0.151. The molecule has 0 unspecified atom stereocenters. The van der Waals surface area contributed by atoms with Gasteiger partial charge in [-0.15, -0.1) is 11.3 Å². The summed E-state index contributed by atoms with van der Waals surface area (Å²) in [5.41, 5.74) is 0.327. The zero-order valence-electron chi connectivity index (χ0n) is 10.1. The van der Waals surface area contributed by atoms with Gasteiger partial charge in [0.15, 0.2) is 4.96 Å². The lowest BCUT2D eigenvalue weighted by Crippen LogP contribution is -2.35. The van der Waals surface area contributed by atoms with E-state index in [0.29, 0.717) is 6.42 Å². The van der Waals surface area contributed by atoms with E-state index in [1.807, 2.05) is 22.2 Å². The summed E-state index contributed by atoms with van der Waals surface area (Å²) in [6.07, 6.45) is 9.27. The van der Waals surface area contributed by atoms with Crippen molar-refractivity contribution < 1.29 is 9.90 Å². The number of fused-ring (bicyclic) bond motifs is 1. The van der Waals surface area contributed by atoms with Crippen LogP contribution in [0.15, 0.2) is 17.8 Å². The van der Waals surface area contributed by atoms with Crippen LogP contribution < -0.4 is 0 Å². The van der Waals surface area contributed by atoms with E-state index >= 15 is 0 Å². The Bertz CT molecular complexity index is 538. The van der Waals surface area contributed by atoms with Gasteiger partial charge in [-0.1, -0.05) is 19.3 Å². The summed E-state index contributed by atoms with van der Waals surface area (Å²) in [7, 11) is 0. The first-order chi connectivity index (χ1) is 8.70. The number of imidazole rings is 1. The first-order valence-electron chi connectivity index (χ1n) is 6.34. The van der Waals surface area contributed by atoms with Crippen LogP contribution in [-0.4, -0.2) is 20.5 Å². The Morgan fingerprint density at radius 3 is 2.89 bits per heavy atom. The van der Waals surface area contributed by atoms with E-state index in [4.69, 9.17) is 0 Å². The van der Waals surface area contributed by atoms with Gasteiger partial charge in [-0.2, -0.15) is 0 Å². The Morgan fingerprint density at radius 1 is 1.44 bits per heavy atom. The van der Waals surface area contributed by atoms with E-state index in [0.717, 1.165) is 42.8 Å². The molecule has 3 rings (SSSR count). The number of aromatic nitrogens is 2. The van der Waals surface area contributed by atoms with Gasteiger partial charge in [-0.3, -0.25) is 9.20 Å². The average molecular weight is 264 g/mol. The van der Waals surface area contributed by atoms with Gasteiger partial charge in [0, 0.05) is 24.2 Å². The van der Waals surface area contributed by atoms with Gasteiger partial charge in [-0.05, 0) is 12.8 Å². The largest absolute Gasteiger partial charge is 0.481 e. The molecule has 4 nitrogen and oxygen atoms in total. The molecule has 0 bridgehead atoms. The summed E-state index contributed by atoms with van der Waals surface area (Å²) in [5.74, 6) is -0.654. The van der Waals surface area contributed by atoms with Crippen LogP contribution in [0.25, 0.3) is 4.96 Å². The molecule has 1 saturated carbocycles. The van der Waals surface area contributed by atoms with E-state index in [1.165, 1.54) is 0 Å². The quantitative estimate of drug-likeness (QED) is 0.927. The van der Waals surface area contributed by atoms with Crippen molar-refractivity contribution in [3.8, 4) is 0 Å². The molecule has 2 heterocycles. The molecule has 0 spiro atoms. The summed E-state index contributed by atoms with van der Waals surface area (Å²) >= 11 is 1.58. The normalized spacial score (nSPS) is 19.1. The maximum absolute atomic E-state index is 11.6. The van der Waals surface area contributed by atoms with Crippen molar-refractivity contribution in [1.29, 1.82) is 0 Å². The minimum atomic E-state index is -0.654. The van der Waals surface area contributed by atoms with Crippen LogP contribution in [0.4, 0.5) is 0 Å². The van der Waals surface area contributed by atoms with Crippen molar-refractivity contribution in [2.45, 2.75) is 38.5 Å². The second-order valence-corrected chi connectivity index (χ2v) is 6.02. The van der Waals surface area contributed by atoms with Crippen molar-refractivity contribution in [3.63, 3.8) is 0 Å². The highest BCUT2D eigenvalue weighted by molar-refractivity contribution is 7.15. The average Bonchev–Trinajstić information content (AvgIpc) is 2.90. The number of hydrogen-bond acceptors (Lipinski definition) is 3. The van der Waals surface area contributed by atoms with Gasteiger partial charge >= 0.3 is 5.97 Å². The standard InChI is InChI=1S/C13H16N2O2S/c16-11(17)13(4-2-1-3-5-13)8-10-9-15-6-7-18-12(15)14-10/h6-7,9H,1-5,8H2,(H,16,17). The van der Waals surface area contributed by atoms with Crippen molar-refractivity contribution in [3.05, 3.63) is 23.5 Å². The maximum atomic E-state index is 11.6. The first-order valence-corrected chi connectivity index (χ1v) is 7.22. The third kappa shape index (κ3) is 1.92. The van der Waals surface area contributed by atoms with Crippen molar-refractivity contribution >= 4 is 22.3 Å². The fourth-order valence-corrected chi connectivity index (χ4v) is 3.62. The molecule has 2 aromatic rings. The smallest absolute Gasteiger partial charge is 0.310 e. The van der Waals surface area contributed by atoms with Crippen LogP contribution in [0.1, 0.15) is 37.8 Å². The first kappa shape index (κ1) is 11.7. The second kappa shape index (κ2) is 4.39. The predicted molar refractivity (Wildman–Crippen MR) is 69.9 cm³/mol. The van der Waals surface area contributed by atoms with E-state index in [1.54, 1.807) is 11.3 Å². The molecule has 0 saturated heterocycles. The molecule has 1 aliphatic rings. The third-order valence-electron chi connectivity index (χ3n) is 3.93. The van der Waals surface area contributed by atoms with E-state index in [9.17, 15) is 9.90 Å². The number of hydrogen-bond donors (Lipinski definition) is 1. The zero-order valence-corrected chi connectivity index (χ0v) is 10.9. The van der Waals surface area contributed by atoms with Crippen molar-refractivity contribution in [2.24, 2.45) is 5.41 Å². The maximum Gasteiger partial charge on any atom is 0.310 e. The third-order valence-corrected chi connectivity index (χ3v) is 4.70. The van der Waals surface area contributed by atoms with Crippen molar-refractivity contribution in [1.82, 2.24) is 9.38 Å². The Labute approximate surface area is 109 Å². The van der Waals surface area contributed by atoms with Crippen LogP contribution >= 0.6 is 11.3 Å². The molecule has 0 aromatic carbocycles. The van der Waals surface area contributed by atoms with Crippen LogP contribution in [-0.2, 0) is 11.2 Å². The van der Waals surface area contributed by atoms with Crippen LogP contribution in [0, 0.1) is 5.41 Å². The SMILES string of the molecule is O=C(O)C1(Cc2cn3ccsc3n2)CCCCC1. The topological polar surface area (TPSA) is 54.6 Å². The minimum absolute atomic E-state index is 0.566. The lowest BCUT2D eigenvalue weighted by atomic mass is 9.71. The summed E-state index contributed by atoms with van der Waals surface area (Å²) in [6.45, 7) is 0. The van der Waals surface area contributed by atoms with E-state index < -0.39 is 11.4 Å². The molecule has 1 aliphatic carbocycles. The number of carbonyl (C=O) groups is 1. The lowest BCUT2D eigenvalue weighted by Gasteiger charge is -2.32. The summed E-state index contributed by atoms with van der Waals surface area (Å²) < 4.78 is 1.97. The highest BCUT2D eigenvalue weighted by Crippen LogP contribution is 2.39. The summed E-state index contributed by atoms with van der Waals surface area (Å²) in [6, 6.07) is 0. The monoisotopic (exact) mass is 264 g/mol. The Balaban J connectivity index is 1.88. The molecule has 18 heavy (non-hydrogen) atoms. The summed E-state index contributed by atoms with van der Waals surface area (Å²) in [4.78, 5) is 17.1. The van der Waals surface area contributed by atoms with Gasteiger partial charge in [-0.25, -0.2) is 4.98 Å². The number of carboxylic acid groups (broad SMARTS) is 1. The Hall–Kier alpha value is -1.36. The van der Waals surface area contributed by atoms with Gasteiger partial charge in [0.25, 0.3) is 0 Å². The molecular formula is C13H16N2O2S. The minimum Gasteiger partial charge on any atom is -0.481 e. The Morgan fingerprint density at radius 2 is 2.22 bits per heavy atom. The van der Waals surface area contributed by atoms with Crippen molar-refractivity contribution in [2.75, 3.05) is 0 Å². The highest BCUT2D eigenvalue weighted by atomic mass is 32.1. The summed E-state index contributed by atoms with van der Waals surface area (Å²) in [5, 5.41) is 11.5. The number of carboxylic acids is 1. The zero-order chi connectivity index (χ0) is 12.6. The Kier molecular flexibility index (Phi) is 2.86. The molecule has 0 aliphatic heterocycles. The number of aliphatic carboxylic acids is 1. The fraction of sp³-hybridized carbons (Fsp3) is 0.538. The molecule has 0 radical (unpaired) electrons. The van der Waals surface area contributed by atoms with Crippen LogP contribution in [0.5, 0.6) is 0 Å². The molecular weight excluding hydrogens is 248 g/mol. The molecule has 5 heteroatoms. The number of thiazole rings is 1. The molecule has 0 atom stereocenters. The van der Waals surface area contributed by atoms with Gasteiger partial charge < -0.3 is 5.11 Å². The van der Waals surface area contributed by atoms with Crippen LogP contribution in [0.3, 0.4) is 0 Å². The number of rotatable bonds is 3. The molecule has 1 fully saturated rings.